The third-order valence-electron chi connectivity index (χ3n) is 3.56. The summed E-state index contributed by atoms with van der Waals surface area (Å²) < 4.78 is 0. The highest BCUT2D eigenvalue weighted by Gasteiger charge is 2.12. The number of nitrogens with two attached hydrogens (primary N) is 1. The van der Waals surface area contributed by atoms with Crippen molar-refractivity contribution in [2.75, 3.05) is 18.0 Å². The van der Waals surface area contributed by atoms with Gasteiger partial charge in [-0.1, -0.05) is 37.9 Å². The zero-order valence-electron chi connectivity index (χ0n) is 12.5. The van der Waals surface area contributed by atoms with Crippen LogP contribution in [0.15, 0.2) is 18.2 Å². The molecule has 0 spiro atoms. The predicted octanol–water partition coefficient (Wildman–Crippen LogP) is 4.25. The Bertz CT molecular complexity index is 379. The van der Waals surface area contributed by atoms with Crippen molar-refractivity contribution in [1.29, 1.82) is 0 Å². The first kappa shape index (κ1) is 16.3. The van der Waals surface area contributed by atoms with Gasteiger partial charge in [0.2, 0.25) is 0 Å². The highest BCUT2D eigenvalue weighted by atomic mass is 35.5. The van der Waals surface area contributed by atoms with Crippen molar-refractivity contribution in [3.8, 4) is 0 Å². The molecule has 0 heterocycles. The summed E-state index contributed by atoms with van der Waals surface area (Å²) in [4.78, 5) is 2.41. The topological polar surface area (TPSA) is 29.3 Å². The van der Waals surface area contributed by atoms with E-state index < -0.39 is 0 Å². The summed E-state index contributed by atoms with van der Waals surface area (Å²) in [7, 11) is 0. The maximum absolute atomic E-state index is 6.16. The Kier molecular flexibility index (Phi) is 7.25. The van der Waals surface area contributed by atoms with Crippen LogP contribution in [0, 0.1) is 0 Å². The maximum Gasteiger partial charge on any atom is 0.0426 e. The first-order chi connectivity index (χ1) is 9.12. The van der Waals surface area contributed by atoms with Gasteiger partial charge in [-0.3, -0.25) is 0 Å². The summed E-state index contributed by atoms with van der Waals surface area (Å²) in [6, 6.07) is 6.40. The second-order valence-electron chi connectivity index (χ2n) is 5.08. The molecule has 3 heteroatoms. The summed E-state index contributed by atoms with van der Waals surface area (Å²) in [5.41, 5.74) is 8.68. The van der Waals surface area contributed by atoms with Crippen molar-refractivity contribution < 1.29 is 0 Å². The molecule has 1 rings (SSSR count). The molecule has 2 nitrogen and oxygen atoms in total. The molecule has 0 saturated carbocycles. The van der Waals surface area contributed by atoms with Gasteiger partial charge in [-0.2, -0.15) is 0 Å². The monoisotopic (exact) mass is 282 g/mol. The van der Waals surface area contributed by atoms with Crippen LogP contribution < -0.4 is 10.6 Å². The average molecular weight is 283 g/mol. The number of halogens is 1. The van der Waals surface area contributed by atoms with Crippen molar-refractivity contribution in [1.82, 2.24) is 0 Å². The molecule has 1 unspecified atom stereocenters. The molecular formula is C16H27ClN2. The van der Waals surface area contributed by atoms with Gasteiger partial charge in [0.1, 0.15) is 0 Å². The lowest BCUT2D eigenvalue weighted by Gasteiger charge is -2.27. The van der Waals surface area contributed by atoms with E-state index in [1.54, 1.807) is 0 Å². The Morgan fingerprint density at radius 3 is 2.58 bits per heavy atom. The number of unbranched alkanes of at least 4 members (excludes halogenated alkanes) is 1. The van der Waals surface area contributed by atoms with Crippen LogP contribution >= 0.6 is 11.6 Å². The van der Waals surface area contributed by atoms with Gasteiger partial charge in [-0.15, -0.1) is 0 Å². The molecule has 0 aliphatic rings. The minimum absolute atomic E-state index is 0.227. The minimum atomic E-state index is 0.227. The second kappa shape index (κ2) is 8.44. The summed E-state index contributed by atoms with van der Waals surface area (Å²) in [6.45, 7) is 8.64. The fourth-order valence-electron chi connectivity index (χ4n) is 2.23. The molecule has 1 aromatic rings. The Morgan fingerprint density at radius 1 is 1.26 bits per heavy atom. The molecule has 0 aliphatic carbocycles. The van der Waals surface area contributed by atoms with Gasteiger partial charge in [0.15, 0.2) is 0 Å². The number of benzene rings is 1. The van der Waals surface area contributed by atoms with E-state index in [-0.39, 0.29) is 6.04 Å². The first-order valence-electron chi connectivity index (χ1n) is 7.41. The molecule has 108 valence electrons. The number of anilines is 1. The van der Waals surface area contributed by atoms with E-state index in [0.29, 0.717) is 0 Å². The Hall–Kier alpha value is -0.730. The number of nitrogens with zero attached hydrogens (tertiary/aromatic N) is 1. The summed E-state index contributed by atoms with van der Waals surface area (Å²) in [5.74, 6) is 0. The predicted molar refractivity (Wildman–Crippen MR) is 86.2 cm³/mol. The fourth-order valence-corrected chi connectivity index (χ4v) is 2.40. The lowest BCUT2D eigenvalue weighted by molar-refractivity contribution is 0.642. The third-order valence-corrected chi connectivity index (χ3v) is 3.79. The van der Waals surface area contributed by atoms with E-state index in [0.717, 1.165) is 31.0 Å². The largest absolute Gasteiger partial charge is 0.372 e. The van der Waals surface area contributed by atoms with Gasteiger partial charge in [0.25, 0.3) is 0 Å². The molecular weight excluding hydrogens is 256 g/mol. The van der Waals surface area contributed by atoms with Gasteiger partial charge in [0.05, 0.1) is 0 Å². The van der Waals surface area contributed by atoms with E-state index in [2.05, 4.69) is 37.8 Å². The molecule has 1 aromatic carbocycles. The quantitative estimate of drug-likeness (QED) is 0.772. The van der Waals surface area contributed by atoms with Crippen LogP contribution in [0.25, 0.3) is 0 Å². The fraction of sp³-hybridized carbons (Fsp3) is 0.625. The number of hydrogen-bond acceptors (Lipinski definition) is 2. The zero-order chi connectivity index (χ0) is 14.3. The van der Waals surface area contributed by atoms with E-state index in [1.165, 1.54) is 24.1 Å². The van der Waals surface area contributed by atoms with Crippen LogP contribution in [0.1, 0.15) is 45.6 Å². The van der Waals surface area contributed by atoms with Gasteiger partial charge in [-0.05, 0) is 43.9 Å². The van der Waals surface area contributed by atoms with Gasteiger partial charge in [0, 0.05) is 29.8 Å². The first-order valence-corrected chi connectivity index (χ1v) is 7.79. The van der Waals surface area contributed by atoms with Crippen LogP contribution in [0.5, 0.6) is 0 Å². The minimum Gasteiger partial charge on any atom is -0.372 e. The van der Waals surface area contributed by atoms with E-state index >= 15 is 0 Å². The van der Waals surface area contributed by atoms with E-state index in [4.69, 9.17) is 17.3 Å². The summed E-state index contributed by atoms with van der Waals surface area (Å²) >= 11 is 6.16. The van der Waals surface area contributed by atoms with Crippen molar-refractivity contribution >= 4 is 17.3 Å². The molecule has 0 fully saturated rings. The normalized spacial score (nSPS) is 12.5. The van der Waals surface area contributed by atoms with Gasteiger partial charge in [-0.25, -0.2) is 0 Å². The lowest BCUT2D eigenvalue weighted by atomic mass is 10.0. The third kappa shape index (κ3) is 5.04. The molecule has 0 radical (unpaired) electrons. The summed E-state index contributed by atoms with van der Waals surface area (Å²) in [5, 5.41) is 0.804. The van der Waals surface area contributed by atoms with E-state index in [9.17, 15) is 0 Å². The molecule has 1 atom stereocenters. The molecule has 0 amide bonds. The van der Waals surface area contributed by atoms with Crippen LogP contribution in [-0.4, -0.2) is 19.1 Å². The molecule has 0 bridgehead atoms. The van der Waals surface area contributed by atoms with Crippen molar-refractivity contribution in [3.05, 3.63) is 28.8 Å². The van der Waals surface area contributed by atoms with Crippen molar-refractivity contribution in [2.24, 2.45) is 5.73 Å². The smallest absolute Gasteiger partial charge is 0.0426 e. The lowest BCUT2D eigenvalue weighted by Crippen LogP contribution is -2.27. The number of rotatable bonds is 8. The van der Waals surface area contributed by atoms with E-state index in [1.807, 2.05) is 6.07 Å². The van der Waals surface area contributed by atoms with Crippen LogP contribution in [0.3, 0.4) is 0 Å². The number of hydrogen-bond donors (Lipinski definition) is 1. The van der Waals surface area contributed by atoms with Crippen LogP contribution in [-0.2, 0) is 6.42 Å². The Labute approximate surface area is 122 Å². The Balaban J connectivity index is 2.96. The van der Waals surface area contributed by atoms with Crippen LogP contribution in [0.2, 0.25) is 5.02 Å². The highest BCUT2D eigenvalue weighted by molar-refractivity contribution is 6.30. The molecule has 19 heavy (non-hydrogen) atoms. The SMILES string of the molecule is CCCCN(CC)c1cc(Cl)ccc1CC(N)CC. The maximum atomic E-state index is 6.16. The zero-order valence-corrected chi connectivity index (χ0v) is 13.2. The molecule has 0 aliphatic heterocycles. The molecule has 2 N–H and O–H groups in total. The van der Waals surface area contributed by atoms with Gasteiger partial charge < -0.3 is 10.6 Å². The Morgan fingerprint density at radius 2 is 2.00 bits per heavy atom. The summed E-state index contributed by atoms with van der Waals surface area (Å²) in [6.07, 6.45) is 4.34. The van der Waals surface area contributed by atoms with Crippen molar-refractivity contribution in [3.63, 3.8) is 0 Å². The second-order valence-corrected chi connectivity index (χ2v) is 5.52. The standard InChI is InChI=1S/C16H27ClN2/c1-4-7-10-19(6-3)16-12-14(17)9-8-13(16)11-15(18)5-2/h8-9,12,15H,4-7,10-11,18H2,1-3H3. The molecule has 0 aromatic heterocycles. The molecule has 0 saturated heterocycles. The van der Waals surface area contributed by atoms with Crippen LogP contribution in [0.4, 0.5) is 5.69 Å². The average Bonchev–Trinajstić information content (AvgIpc) is 2.42. The highest BCUT2D eigenvalue weighted by Crippen LogP contribution is 2.26. The van der Waals surface area contributed by atoms with Crippen molar-refractivity contribution in [2.45, 2.75) is 52.5 Å². The van der Waals surface area contributed by atoms with Gasteiger partial charge >= 0.3 is 0 Å².